The molecule has 1 amide bonds. The van der Waals surface area contributed by atoms with Gasteiger partial charge in [0.25, 0.3) is 5.91 Å². The molecule has 4 heteroatoms. The maximum absolute atomic E-state index is 12.1. The number of hydrogen-bond donors (Lipinski definition) is 1. The molecule has 0 unspecified atom stereocenters. The zero-order valence-corrected chi connectivity index (χ0v) is 14.0. The van der Waals surface area contributed by atoms with Crippen LogP contribution in [-0.4, -0.2) is 32.1 Å². The Labute approximate surface area is 138 Å². The van der Waals surface area contributed by atoms with E-state index in [1.807, 2.05) is 68.6 Å². The van der Waals surface area contributed by atoms with E-state index in [0.717, 1.165) is 23.5 Å². The number of ether oxygens (including phenoxy) is 1. The van der Waals surface area contributed by atoms with Gasteiger partial charge in [0.05, 0.1) is 0 Å². The quantitative estimate of drug-likeness (QED) is 0.854. The van der Waals surface area contributed by atoms with Gasteiger partial charge >= 0.3 is 0 Å². The molecule has 0 fully saturated rings. The number of carbonyl (C=O) groups is 1. The summed E-state index contributed by atoms with van der Waals surface area (Å²) in [4.78, 5) is 14.2. The molecule has 2 aromatic carbocycles. The number of anilines is 1. The Balaban J connectivity index is 1.77. The van der Waals surface area contributed by atoms with Gasteiger partial charge in [-0.25, -0.2) is 0 Å². The standard InChI is InChI=1S/C19H24N2O2/c1-15-9-7-8-12-18(15)23-16(2)19(22)20-13-14-21(3)17-10-5-4-6-11-17/h4-12,16H,13-14H2,1-3H3,(H,20,22)/t16-/m1/s1. The van der Waals surface area contributed by atoms with E-state index in [2.05, 4.69) is 10.2 Å². The lowest BCUT2D eigenvalue weighted by atomic mass is 10.2. The minimum absolute atomic E-state index is 0.102. The summed E-state index contributed by atoms with van der Waals surface area (Å²) in [5.41, 5.74) is 2.15. The van der Waals surface area contributed by atoms with Gasteiger partial charge in [0.1, 0.15) is 5.75 Å². The SMILES string of the molecule is Cc1ccccc1O[C@H](C)C(=O)NCCN(C)c1ccccc1. The van der Waals surface area contributed by atoms with Crippen LogP contribution in [0, 0.1) is 6.92 Å². The average Bonchev–Trinajstić information content (AvgIpc) is 2.57. The number of rotatable bonds is 7. The highest BCUT2D eigenvalue weighted by molar-refractivity contribution is 5.80. The van der Waals surface area contributed by atoms with E-state index >= 15 is 0 Å². The number of aryl methyl sites for hydroxylation is 1. The predicted molar refractivity (Wildman–Crippen MR) is 94.0 cm³/mol. The first-order valence-electron chi connectivity index (χ1n) is 7.84. The van der Waals surface area contributed by atoms with Gasteiger partial charge < -0.3 is 15.0 Å². The third kappa shape index (κ3) is 5.02. The molecular formula is C19H24N2O2. The van der Waals surface area contributed by atoms with Crippen LogP contribution in [0.2, 0.25) is 0 Å². The van der Waals surface area contributed by atoms with Crippen molar-refractivity contribution in [2.24, 2.45) is 0 Å². The zero-order chi connectivity index (χ0) is 16.7. The summed E-state index contributed by atoms with van der Waals surface area (Å²) in [7, 11) is 2.01. The van der Waals surface area contributed by atoms with Crippen LogP contribution in [0.3, 0.4) is 0 Å². The van der Waals surface area contributed by atoms with Crippen molar-refractivity contribution in [1.82, 2.24) is 5.32 Å². The Morgan fingerprint density at radius 1 is 1.13 bits per heavy atom. The largest absolute Gasteiger partial charge is 0.481 e. The van der Waals surface area contributed by atoms with Crippen LogP contribution in [-0.2, 0) is 4.79 Å². The monoisotopic (exact) mass is 312 g/mol. The summed E-state index contributed by atoms with van der Waals surface area (Å²) >= 11 is 0. The van der Waals surface area contributed by atoms with Gasteiger partial charge in [0, 0.05) is 25.8 Å². The highest BCUT2D eigenvalue weighted by atomic mass is 16.5. The Bertz CT molecular complexity index is 628. The molecule has 0 bridgehead atoms. The molecule has 1 atom stereocenters. The van der Waals surface area contributed by atoms with Crippen LogP contribution in [0.5, 0.6) is 5.75 Å². The molecule has 0 heterocycles. The lowest BCUT2D eigenvalue weighted by Gasteiger charge is -2.20. The van der Waals surface area contributed by atoms with E-state index in [-0.39, 0.29) is 5.91 Å². The fraction of sp³-hybridized carbons (Fsp3) is 0.316. The molecule has 4 nitrogen and oxygen atoms in total. The summed E-state index contributed by atoms with van der Waals surface area (Å²) in [6.07, 6.45) is -0.516. The molecule has 0 aliphatic heterocycles. The maximum Gasteiger partial charge on any atom is 0.260 e. The van der Waals surface area contributed by atoms with Crippen molar-refractivity contribution in [2.45, 2.75) is 20.0 Å². The van der Waals surface area contributed by atoms with E-state index in [1.54, 1.807) is 6.92 Å². The minimum Gasteiger partial charge on any atom is -0.481 e. The smallest absolute Gasteiger partial charge is 0.260 e. The van der Waals surface area contributed by atoms with E-state index in [1.165, 1.54) is 0 Å². The summed E-state index contributed by atoms with van der Waals surface area (Å²) in [5, 5.41) is 2.92. The summed E-state index contributed by atoms with van der Waals surface area (Å²) in [5.74, 6) is 0.645. The Morgan fingerprint density at radius 3 is 2.48 bits per heavy atom. The molecule has 0 saturated heterocycles. The third-order valence-corrected chi connectivity index (χ3v) is 3.71. The number of benzene rings is 2. The second-order valence-electron chi connectivity index (χ2n) is 5.57. The highest BCUT2D eigenvalue weighted by Gasteiger charge is 2.15. The molecule has 0 aromatic heterocycles. The molecule has 0 aliphatic rings. The van der Waals surface area contributed by atoms with E-state index in [0.29, 0.717) is 6.54 Å². The molecule has 0 spiro atoms. The normalized spacial score (nSPS) is 11.6. The predicted octanol–water partition coefficient (Wildman–Crippen LogP) is 3.01. The van der Waals surface area contributed by atoms with E-state index in [4.69, 9.17) is 4.74 Å². The number of para-hydroxylation sites is 2. The summed E-state index contributed by atoms with van der Waals surface area (Å²) in [6, 6.07) is 17.8. The van der Waals surface area contributed by atoms with Gasteiger partial charge in [-0.05, 0) is 37.6 Å². The molecule has 0 radical (unpaired) electrons. The van der Waals surface area contributed by atoms with Crippen molar-refractivity contribution in [2.75, 3.05) is 25.0 Å². The van der Waals surface area contributed by atoms with Crippen LogP contribution in [0.4, 0.5) is 5.69 Å². The van der Waals surface area contributed by atoms with Crippen molar-refractivity contribution < 1.29 is 9.53 Å². The Kier molecular flexibility index (Phi) is 6.03. The number of likely N-dealkylation sites (N-methyl/N-ethyl adjacent to an activating group) is 1. The molecule has 2 aromatic rings. The van der Waals surface area contributed by atoms with Crippen molar-refractivity contribution in [1.29, 1.82) is 0 Å². The highest BCUT2D eigenvalue weighted by Crippen LogP contribution is 2.17. The molecule has 1 N–H and O–H groups in total. The van der Waals surface area contributed by atoms with Gasteiger partial charge in [0.2, 0.25) is 0 Å². The summed E-state index contributed by atoms with van der Waals surface area (Å²) in [6.45, 7) is 5.05. The summed E-state index contributed by atoms with van der Waals surface area (Å²) < 4.78 is 5.72. The van der Waals surface area contributed by atoms with Gasteiger partial charge in [-0.2, -0.15) is 0 Å². The van der Waals surface area contributed by atoms with Crippen molar-refractivity contribution in [3.05, 3.63) is 60.2 Å². The second-order valence-corrected chi connectivity index (χ2v) is 5.57. The average molecular weight is 312 g/mol. The molecule has 23 heavy (non-hydrogen) atoms. The number of hydrogen-bond acceptors (Lipinski definition) is 3. The number of nitrogens with one attached hydrogen (secondary N) is 1. The molecule has 0 saturated carbocycles. The van der Waals surface area contributed by atoms with Crippen molar-refractivity contribution >= 4 is 11.6 Å². The number of nitrogens with zero attached hydrogens (tertiary/aromatic N) is 1. The Morgan fingerprint density at radius 2 is 1.78 bits per heavy atom. The lowest BCUT2D eigenvalue weighted by molar-refractivity contribution is -0.127. The molecule has 2 rings (SSSR count). The van der Waals surface area contributed by atoms with E-state index < -0.39 is 6.10 Å². The number of amides is 1. The number of carbonyl (C=O) groups excluding carboxylic acids is 1. The fourth-order valence-electron chi connectivity index (χ4n) is 2.23. The zero-order valence-electron chi connectivity index (χ0n) is 14.0. The fourth-order valence-corrected chi connectivity index (χ4v) is 2.23. The first-order valence-corrected chi connectivity index (χ1v) is 7.84. The van der Waals surface area contributed by atoms with Crippen LogP contribution in [0.15, 0.2) is 54.6 Å². The van der Waals surface area contributed by atoms with Crippen LogP contribution in [0.1, 0.15) is 12.5 Å². The second kappa shape index (κ2) is 8.22. The van der Waals surface area contributed by atoms with Crippen molar-refractivity contribution in [3.8, 4) is 5.75 Å². The van der Waals surface area contributed by atoms with Gasteiger partial charge in [-0.1, -0.05) is 36.4 Å². The third-order valence-electron chi connectivity index (χ3n) is 3.71. The lowest BCUT2D eigenvalue weighted by Crippen LogP contribution is -2.40. The van der Waals surface area contributed by atoms with Gasteiger partial charge in [0.15, 0.2) is 6.10 Å². The van der Waals surface area contributed by atoms with Crippen molar-refractivity contribution in [3.63, 3.8) is 0 Å². The van der Waals surface area contributed by atoms with Crippen LogP contribution < -0.4 is 15.0 Å². The Hall–Kier alpha value is -2.49. The molecule has 122 valence electrons. The van der Waals surface area contributed by atoms with Gasteiger partial charge in [-0.15, -0.1) is 0 Å². The minimum atomic E-state index is -0.516. The molecule has 0 aliphatic carbocycles. The van der Waals surface area contributed by atoms with Crippen LogP contribution >= 0.6 is 0 Å². The van der Waals surface area contributed by atoms with Crippen LogP contribution in [0.25, 0.3) is 0 Å². The van der Waals surface area contributed by atoms with Gasteiger partial charge in [-0.3, -0.25) is 4.79 Å². The topological polar surface area (TPSA) is 41.6 Å². The molecular weight excluding hydrogens is 288 g/mol. The maximum atomic E-state index is 12.1. The first kappa shape index (κ1) is 16.9. The van der Waals surface area contributed by atoms with E-state index in [9.17, 15) is 4.79 Å². The first-order chi connectivity index (χ1) is 11.1.